The van der Waals surface area contributed by atoms with Gasteiger partial charge in [-0.2, -0.15) is 0 Å². The van der Waals surface area contributed by atoms with E-state index >= 15 is 0 Å². The maximum atomic E-state index is 12.8. The third kappa shape index (κ3) is 35.6. The molecule has 0 bridgehead atoms. The predicted octanol–water partition coefficient (Wildman–Crippen LogP) is 10.6. The van der Waals surface area contributed by atoms with Gasteiger partial charge < -0.3 is 28.8 Å². The minimum Gasteiger partial charge on any atom is -0.756 e. The quantitative estimate of drug-likeness (QED) is 0.0283. The van der Waals surface area contributed by atoms with Gasteiger partial charge in [0.2, 0.25) is 5.91 Å². The Balaban J connectivity index is 4.44. The number of aliphatic hydroxyl groups excluding tert-OH is 1. The molecule has 1 unspecified atom stereocenters. The Kier molecular flexibility index (Phi) is 33.5. The highest BCUT2D eigenvalue weighted by Gasteiger charge is 2.24. The fraction of sp³-hybridized carbons (Fsp3) is 0.927. The molecular formula is C41H83N2O6P. The van der Waals surface area contributed by atoms with Crippen LogP contribution < -0.4 is 10.2 Å². The molecule has 9 heteroatoms. The van der Waals surface area contributed by atoms with Crippen LogP contribution in [0.15, 0.2) is 12.2 Å². The van der Waals surface area contributed by atoms with Crippen LogP contribution in [-0.4, -0.2) is 68.5 Å². The number of carbonyl (C=O) groups excluding carboxylic acids is 1. The molecule has 0 fully saturated rings. The summed E-state index contributed by atoms with van der Waals surface area (Å²) in [5, 5.41) is 13.8. The standard InChI is InChI=1S/C41H83N2O6P/c1-6-8-10-12-14-16-18-20-21-23-25-27-29-31-33-35-41(45)42-39(38-49-50(46,47)48-37-36-43(3,4)5)40(44)34-32-30-28-26-24-22-19-17-15-13-11-9-7-2/h30,32,39-40,44H,6-29,31,33-38H2,1-5H3,(H-,42,45,46,47)/t39-,40+/m0/s1. The van der Waals surface area contributed by atoms with E-state index in [2.05, 4.69) is 25.2 Å². The molecule has 0 radical (unpaired) electrons. The summed E-state index contributed by atoms with van der Waals surface area (Å²) in [6.07, 6.45) is 36.6. The highest BCUT2D eigenvalue weighted by molar-refractivity contribution is 7.45. The minimum atomic E-state index is -4.57. The van der Waals surface area contributed by atoms with Gasteiger partial charge in [0.15, 0.2) is 0 Å². The number of nitrogens with zero attached hydrogens (tertiary/aromatic N) is 1. The molecule has 0 aliphatic carbocycles. The van der Waals surface area contributed by atoms with Crippen molar-refractivity contribution in [2.24, 2.45) is 0 Å². The highest BCUT2D eigenvalue weighted by Crippen LogP contribution is 2.38. The van der Waals surface area contributed by atoms with E-state index in [0.29, 0.717) is 23.9 Å². The van der Waals surface area contributed by atoms with Crippen molar-refractivity contribution in [3.05, 3.63) is 12.2 Å². The first kappa shape index (κ1) is 49.2. The van der Waals surface area contributed by atoms with Crippen molar-refractivity contribution in [1.29, 1.82) is 0 Å². The molecule has 0 rings (SSSR count). The number of aliphatic hydroxyl groups is 1. The Morgan fingerprint density at radius 1 is 0.680 bits per heavy atom. The summed E-state index contributed by atoms with van der Waals surface area (Å²) in [6.45, 7) is 4.66. The Labute approximate surface area is 310 Å². The Hall–Kier alpha value is -0.760. The molecule has 0 aromatic heterocycles. The summed E-state index contributed by atoms with van der Waals surface area (Å²) in [4.78, 5) is 25.2. The number of likely N-dealkylation sites (N-methyl/N-ethyl adjacent to an activating group) is 1. The summed E-state index contributed by atoms with van der Waals surface area (Å²) in [6, 6.07) is -0.843. The maximum Gasteiger partial charge on any atom is 0.268 e. The fourth-order valence-electron chi connectivity index (χ4n) is 6.09. The molecule has 0 aliphatic rings. The van der Waals surface area contributed by atoms with Gasteiger partial charge in [-0.1, -0.05) is 174 Å². The third-order valence-corrected chi connectivity index (χ3v) is 10.5. The molecule has 8 nitrogen and oxygen atoms in total. The molecule has 0 aromatic rings. The Morgan fingerprint density at radius 2 is 1.10 bits per heavy atom. The van der Waals surface area contributed by atoms with Crippen molar-refractivity contribution in [3.63, 3.8) is 0 Å². The molecule has 3 atom stereocenters. The number of hydrogen-bond donors (Lipinski definition) is 2. The van der Waals surface area contributed by atoms with Crippen molar-refractivity contribution in [3.8, 4) is 0 Å². The van der Waals surface area contributed by atoms with Crippen LogP contribution in [0.4, 0.5) is 0 Å². The average molecular weight is 731 g/mol. The lowest BCUT2D eigenvalue weighted by atomic mass is 10.0. The van der Waals surface area contributed by atoms with Crippen LogP contribution in [0.25, 0.3) is 0 Å². The normalized spacial score (nSPS) is 14.6. The van der Waals surface area contributed by atoms with Gasteiger partial charge in [-0.15, -0.1) is 0 Å². The van der Waals surface area contributed by atoms with Crippen LogP contribution in [0.3, 0.4) is 0 Å². The van der Waals surface area contributed by atoms with E-state index in [9.17, 15) is 19.4 Å². The lowest BCUT2D eigenvalue weighted by Gasteiger charge is -2.29. The summed E-state index contributed by atoms with van der Waals surface area (Å²) < 4.78 is 23.2. The molecule has 0 saturated heterocycles. The van der Waals surface area contributed by atoms with E-state index in [1.165, 1.54) is 135 Å². The smallest absolute Gasteiger partial charge is 0.268 e. The maximum absolute atomic E-state index is 12.8. The largest absolute Gasteiger partial charge is 0.756 e. The van der Waals surface area contributed by atoms with E-state index in [1.807, 2.05) is 27.2 Å². The first-order chi connectivity index (χ1) is 24.0. The van der Waals surface area contributed by atoms with Gasteiger partial charge in [-0.25, -0.2) is 0 Å². The van der Waals surface area contributed by atoms with Crippen LogP contribution in [0, 0.1) is 0 Å². The topological polar surface area (TPSA) is 108 Å². The van der Waals surface area contributed by atoms with Gasteiger partial charge in [-0.05, 0) is 25.7 Å². The number of carbonyl (C=O) groups is 1. The van der Waals surface area contributed by atoms with Gasteiger partial charge in [0, 0.05) is 6.42 Å². The third-order valence-electron chi connectivity index (χ3n) is 9.51. The number of quaternary nitrogens is 1. The molecule has 50 heavy (non-hydrogen) atoms. The van der Waals surface area contributed by atoms with Gasteiger partial charge in [0.25, 0.3) is 7.82 Å². The first-order valence-corrected chi connectivity index (χ1v) is 22.5. The highest BCUT2D eigenvalue weighted by atomic mass is 31.2. The molecule has 0 aliphatic heterocycles. The van der Waals surface area contributed by atoms with Crippen molar-refractivity contribution in [2.45, 2.75) is 206 Å². The first-order valence-electron chi connectivity index (χ1n) is 21.0. The summed E-state index contributed by atoms with van der Waals surface area (Å²) in [7, 11) is 1.28. The molecule has 1 amide bonds. The van der Waals surface area contributed by atoms with Crippen molar-refractivity contribution in [1.82, 2.24) is 5.32 Å². The van der Waals surface area contributed by atoms with Crippen LogP contribution in [0.5, 0.6) is 0 Å². The molecule has 2 N–H and O–H groups in total. The zero-order valence-corrected chi connectivity index (χ0v) is 34.5. The van der Waals surface area contributed by atoms with Crippen LogP contribution >= 0.6 is 7.82 Å². The number of unbranched alkanes of at least 4 members (excludes halogenated alkanes) is 24. The SMILES string of the molecule is CCCCCCCCCCCCC=CC[C@@H](O)[C@H](COP(=O)([O-])OCC[N+](C)(C)C)NC(=O)CCCCCCCCCCCCCCCCC. The van der Waals surface area contributed by atoms with Crippen LogP contribution in [0.1, 0.15) is 194 Å². The fourth-order valence-corrected chi connectivity index (χ4v) is 6.81. The number of phosphoric ester groups is 1. The number of hydrogen-bond acceptors (Lipinski definition) is 6. The zero-order valence-electron chi connectivity index (χ0n) is 33.6. The summed E-state index contributed by atoms with van der Waals surface area (Å²) in [5.41, 5.74) is 0. The molecule has 298 valence electrons. The van der Waals surface area contributed by atoms with Crippen LogP contribution in [-0.2, 0) is 18.4 Å². The van der Waals surface area contributed by atoms with E-state index in [4.69, 9.17) is 9.05 Å². The van der Waals surface area contributed by atoms with Gasteiger partial charge in [0.05, 0.1) is 39.9 Å². The Morgan fingerprint density at radius 3 is 1.54 bits per heavy atom. The van der Waals surface area contributed by atoms with E-state index < -0.39 is 20.0 Å². The van der Waals surface area contributed by atoms with Crippen LogP contribution in [0.2, 0.25) is 0 Å². The second-order valence-electron chi connectivity index (χ2n) is 15.7. The second kappa shape index (κ2) is 34.0. The molecular weight excluding hydrogens is 647 g/mol. The number of amides is 1. The molecule has 0 saturated carbocycles. The number of rotatable bonds is 38. The van der Waals surface area contributed by atoms with Crippen molar-refractivity contribution in [2.75, 3.05) is 40.9 Å². The minimum absolute atomic E-state index is 0.00471. The van der Waals surface area contributed by atoms with Crippen molar-refractivity contribution < 1.29 is 32.9 Å². The van der Waals surface area contributed by atoms with E-state index in [1.54, 1.807) is 0 Å². The lowest BCUT2D eigenvalue weighted by molar-refractivity contribution is -0.870. The molecule has 0 aromatic carbocycles. The number of nitrogens with one attached hydrogen (secondary N) is 1. The van der Waals surface area contributed by atoms with Gasteiger partial charge in [0.1, 0.15) is 13.2 Å². The second-order valence-corrected chi connectivity index (χ2v) is 17.1. The number of allylic oxidation sites excluding steroid dienone is 1. The molecule has 0 spiro atoms. The van der Waals surface area contributed by atoms with E-state index in [0.717, 1.165) is 32.1 Å². The predicted molar refractivity (Wildman–Crippen MR) is 210 cm³/mol. The lowest BCUT2D eigenvalue weighted by Crippen LogP contribution is -2.46. The zero-order chi connectivity index (χ0) is 37.2. The molecule has 0 heterocycles. The summed E-state index contributed by atoms with van der Waals surface area (Å²) in [5.74, 6) is -0.187. The van der Waals surface area contributed by atoms with Gasteiger partial charge in [-0.3, -0.25) is 9.36 Å². The summed E-state index contributed by atoms with van der Waals surface area (Å²) >= 11 is 0. The van der Waals surface area contributed by atoms with Crippen molar-refractivity contribution >= 4 is 13.7 Å². The van der Waals surface area contributed by atoms with Gasteiger partial charge >= 0.3 is 0 Å². The Bertz CT molecular complexity index is 834. The number of phosphoric acid groups is 1. The average Bonchev–Trinajstić information content (AvgIpc) is 3.06. The van der Waals surface area contributed by atoms with E-state index in [-0.39, 0.29) is 19.1 Å². The monoisotopic (exact) mass is 731 g/mol.